The van der Waals surface area contributed by atoms with Crippen molar-refractivity contribution in [3.8, 4) is 12.3 Å². The molecule has 1 rings (SSSR count). The smallest absolute Gasteiger partial charge is 0.326 e. The summed E-state index contributed by atoms with van der Waals surface area (Å²) in [6.45, 7) is -0.218. The Morgan fingerprint density at radius 2 is 1.24 bits per heavy atom. The number of carbonyl (C=O) groups excluding carboxylic acids is 5. The molecule has 0 fully saturated rings. The summed E-state index contributed by atoms with van der Waals surface area (Å²) in [5.41, 5.74) is 11.6. The highest BCUT2D eigenvalue weighted by molar-refractivity contribution is 5.97. The van der Waals surface area contributed by atoms with Crippen LogP contribution < -0.4 is 38.1 Å². The zero-order chi connectivity index (χ0) is 31.3. The minimum Gasteiger partial charge on any atom is -0.480 e. The maximum Gasteiger partial charge on any atom is 0.326 e. The fourth-order valence-corrected chi connectivity index (χ4v) is 3.84. The number of hydrogen-bond donors (Lipinski definition) is 8. The molecule has 0 radical (unpaired) electrons. The van der Waals surface area contributed by atoms with Crippen molar-refractivity contribution in [1.82, 2.24) is 26.6 Å². The van der Waals surface area contributed by atoms with Crippen LogP contribution in [0.1, 0.15) is 44.1 Å². The molecule has 0 aliphatic carbocycles. The molecule has 0 saturated heterocycles. The lowest BCUT2D eigenvalue weighted by Crippen LogP contribution is -2.54. The number of terminal acetylenes is 1. The summed E-state index contributed by atoms with van der Waals surface area (Å²) < 4.78 is 0. The normalized spacial score (nSPS) is 12.5. The lowest BCUT2D eigenvalue weighted by atomic mass is 10.1. The van der Waals surface area contributed by atoms with Crippen LogP contribution in [0.4, 0.5) is 0 Å². The van der Waals surface area contributed by atoms with Crippen molar-refractivity contribution in [2.24, 2.45) is 11.5 Å². The van der Waals surface area contributed by atoms with Crippen LogP contribution in [-0.4, -0.2) is 84.9 Å². The molecule has 42 heavy (non-hydrogen) atoms. The van der Waals surface area contributed by atoms with E-state index < -0.39 is 66.7 Å². The molecule has 2 unspecified atom stereocenters. The highest BCUT2D eigenvalue weighted by atomic mass is 16.4. The van der Waals surface area contributed by atoms with Gasteiger partial charge in [0.25, 0.3) is 5.91 Å². The van der Waals surface area contributed by atoms with Gasteiger partial charge in [0.05, 0.1) is 13.1 Å². The van der Waals surface area contributed by atoms with Gasteiger partial charge in [-0.1, -0.05) is 30.3 Å². The fourth-order valence-electron chi connectivity index (χ4n) is 3.84. The summed E-state index contributed by atoms with van der Waals surface area (Å²) >= 11 is 0. The number of hydrogen-bond acceptors (Lipinski definition) is 8. The van der Waals surface area contributed by atoms with Crippen LogP contribution >= 0.6 is 0 Å². The average Bonchev–Trinajstić information content (AvgIpc) is 2.97. The number of rotatable bonds is 20. The molecular weight excluding hydrogens is 546 g/mol. The first-order valence-electron chi connectivity index (χ1n) is 13.7. The number of carbonyl (C=O) groups is 6. The second-order valence-electron chi connectivity index (χ2n) is 9.44. The SMILES string of the molecule is C#CC(=O)NC(CCCCN)C(=O)NCC(=O)N[C@@H](Cc1ccccc1)C(=O)NCC(=O)NC(CCCCN)C(=O)O. The number of benzene rings is 1. The van der Waals surface area contributed by atoms with Crippen LogP contribution in [0.15, 0.2) is 30.3 Å². The van der Waals surface area contributed by atoms with Gasteiger partial charge in [0, 0.05) is 6.42 Å². The predicted molar refractivity (Wildman–Crippen MR) is 154 cm³/mol. The van der Waals surface area contributed by atoms with Crippen LogP contribution in [0.3, 0.4) is 0 Å². The molecule has 0 aliphatic heterocycles. The Labute approximate surface area is 245 Å². The topological polar surface area (TPSA) is 235 Å². The molecule has 0 spiro atoms. The Morgan fingerprint density at radius 1 is 0.738 bits per heavy atom. The molecule has 1 aromatic carbocycles. The molecule has 0 bridgehead atoms. The first-order valence-corrected chi connectivity index (χ1v) is 13.7. The molecule has 14 nitrogen and oxygen atoms in total. The number of carboxylic acids is 1. The molecule has 5 amide bonds. The lowest BCUT2D eigenvalue weighted by molar-refractivity contribution is -0.142. The molecule has 0 aliphatic rings. The minimum atomic E-state index is -1.21. The van der Waals surface area contributed by atoms with Crippen LogP contribution in [-0.2, 0) is 35.2 Å². The van der Waals surface area contributed by atoms with Crippen LogP contribution in [0.5, 0.6) is 0 Å². The third-order valence-corrected chi connectivity index (χ3v) is 6.06. The molecule has 230 valence electrons. The molecule has 3 atom stereocenters. The van der Waals surface area contributed by atoms with E-state index >= 15 is 0 Å². The number of aliphatic carboxylic acids is 1. The standard InChI is InChI=1S/C28H41N7O7/c1-2-23(36)33-20(12-6-8-14-29)26(39)31-18-25(38)35-22(16-19-10-4-3-5-11-19)27(40)32-17-24(37)34-21(28(41)42)13-7-9-15-30/h1,3-5,10-11,20-22H,6-9,12-18,29-30H2,(H,31,39)(H,32,40)(H,33,36)(H,34,37)(H,35,38)(H,41,42)/t20?,21?,22-/m0/s1. The van der Waals surface area contributed by atoms with E-state index in [9.17, 15) is 33.9 Å². The molecule has 0 aromatic heterocycles. The number of unbranched alkanes of at least 4 members (excludes halogenated alkanes) is 2. The molecule has 14 heteroatoms. The summed E-state index contributed by atoms with van der Waals surface area (Å²) in [6.07, 6.45) is 7.87. The van der Waals surface area contributed by atoms with Gasteiger partial charge in [-0.15, -0.1) is 6.42 Å². The Kier molecular flexibility index (Phi) is 17.3. The molecule has 10 N–H and O–H groups in total. The monoisotopic (exact) mass is 587 g/mol. The molecule has 0 heterocycles. The third-order valence-electron chi connectivity index (χ3n) is 6.06. The summed E-state index contributed by atoms with van der Waals surface area (Å²) in [6, 6.07) is 5.57. The van der Waals surface area contributed by atoms with E-state index in [1.54, 1.807) is 30.3 Å². The van der Waals surface area contributed by atoms with E-state index in [1.807, 2.05) is 5.92 Å². The third kappa shape index (κ3) is 14.8. The quantitative estimate of drug-likeness (QED) is 0.0615. The van der Waals surface area contributed by atoms with E-state index in [0.717, 1.165) is 0 Å². The van der Waals surface area contributed by atoms with Gasteiger partial charge in [0.1, 0.15) is 18.1 Å². The Morgan fingerprint density at radius 3 is 1.74 bits per heavy atom. The van der Waals surface area contributed by atoms with E-state index in [1.165, 1.54) is 0 Å². The molecule has 1 aromatic rings. The Balaban J connectivity index is 2.80. The van der Waals surface area contributed by atoms with Gasteiger partial charge in [0.15, 0.2) is 0 Å². The van der Waals surface area contributed by atoms with Crippen molar-refractivity contribution in [1.29, 1.82) is 0 Å². The van der Waals surface area contributed by atoms with Crippen molar-refractivity contribution in [2.45, 2.75) is 63.1 Å². The summed E-state index contributed by atoms with van der Waals surface area (Å²) in [4.78, 5) is 73.7. The molecule has 0 saturated carbocycles. The highest BCUT2D eigenvalue weighted by Crippen LogP contribution is 2.05. The van der Waals surface area contributed by atoms with Gasteiger partial charge >= 0.3 is 5.97 Å². The summed E-state index contributed by atoms with van der Waals surface area (Å²) in [7, 11) is 0. The van der Waals surface area contributed by atoms with Crippen molar-refractivity contribution in [2.75, 3.05) is 26.2 Å². The first-order chi connectivity index (χ1) is 20.1. The fraction of sp³-hybridized carbons (Fsp3) is 0.500. The number of amides is 5. The molecular formula is C28H41N7O7. The minimum absolute atomic E-state index is 0.0742. The number of nitrogens with two attached hydrogens (primary N) is 2. The summed E-state index contributed by atoms with van der Waals surface area (Å²) in [5.74, 6) is -2.84. The van der Waals surface area contributed by atoms with Crippen molar-refractivity contribution in [3.63, 3.8) is 0 Å². The van der Waals surface area contributed by atoms with Crippen molar-refractivity contribution in [3.05, 3.63) is 35.9 Å². The summed E-state index contributed by atoms with van der Waals surface area (Å²) in [5, 5.41) is 21.5. The van der Waals surface area contributed by atoms with Gasteiger partial charge in [-0.2, -0.15) is 0 Å². The van der Waals surface area contributed by atoms with Gasteiger partial charge in [-0.25, -0.2) is 4.79 Å². The number of carboxylic acid groups (broad SMARTS) is 1. The lowest BCUT2D eigenvalue weighted by Gasteiger charge is -2.20. The van der Waals surface area contributed by atoms with E-state index in [-0.39, 0.29) is 19.3 Å². The van der Waals surface area contributed by atoms with Crippen molar-refractivity contribution < 1.29 is 33.9 Å². The van der Waals surface area contributed by atoms with E-state index in [2.05, 4.69) is 26.6 Å². The zero-order valence-corrected chi connectivity index (χ0v) is 23.5. The maximum atomic E-state index is 13.0. The van der Waals surface area contributed by atoms with E-state index in [4.69, 9.17) is 17.9 Å². The zero-order valence-electron chi connectivity index (χ0n) is 23.5. The second kappa shape index (κ2) is 20.4. The number of nitrogens with one attached hydrogen (secondary N) is 5. The van der Waals surface area contributed by atoms with Crippen molar-refractivity contribution >= 4 is 35.5 Å². The van der Waals surface area contributed by atoms with Crippen LogP contribution in [0, 0.1) is 12.3 Å². The highest BCUT2D eigenvalue weighted by Gasteiger charge is 2.25. The Hall–Kier alpha value is -4.48. The Bertz CT molecular complexity index is 1090. The van der Waals surface area contributed by atoms with Crippen LogP contribution in [0.2, 0.25) is 0 Å². The van der Waals surface area contributed by atoms with Gasteiger partial charge < -0.3 is 43.2 Å². The average molecular weight is 588 g/mol. The largest absolute Gasteiger partial charge is 0.480 e. The maximum absolute atomic E-state index is 13.0. The second-order valence-corrected chi connectivity index (χ2v) is 9.44. The van der Waals surface area contributed by atoms with Gasteiger partial charge in [-0.3, -0.25) is 24.0 Å². The predicted octanol–water partition coefficient (Wildman–Crippen LogP) is -2.11. The van der Waals surface area contributed by atoms with Crippen LogP contribution in [0.25, 0.3) is 0 Å². The first kappa shape index (κ1) is 35.5. The van der Waals surface area contributed by atoms with E-state index in [0.29, 0.717) is 44.3 Å². The van der Waals surface area contributed by atoms with Gasteiger partial charge in [0.2, 0.25) is 23.6 Å². The van der Waals surface area contributed by atoms with Gasteiger partial charge in [-0.05, 0) is 63.1 Å².